The van der Waals surface area contributed by atoms with Crippen molar-refractivity contribution in [3.63, 3.8) is 0 Å². The van der Waals surface area contributed by atoms with E-state index in [2.05, 4.69) is 14.9 Å². The first kappa shape index (κ1) is 11.5. The van der Waals surface area contributed by atoms with Crippen molar-refractivity contribution in [2.75, 3.05) is 38.0 Å². The second kappa shape index (κ2) is 4.38. The highest BCUT2D eigenvalue weighted by atomic mass is 16.7. The molecule has 0 bridgehead atoms. The highest BCUT2D eigenvalue weighted by Gasteiger charge is 2.27. The number of nitrogens with one attached hydrogen (secondary N) is 1. The molecule has 0 amide bonds. The monoisotopic (exact) mass is 275 g/mol. The van der Waals surface area contributed by atoms with Gasteiger partial charge in [-0.05, 0) is 6.07 Å². The Morgan fingerprint density at radius 3 is 2.85 bits per heavy atom. The lowest BCUT2D eigenvalue weighted by atomic mass is 10.1. The maximum Gasteiger partial charge on any atom is 0.258 e. The predicted octanol–water partition coefficient (Wildman–Crippen LogP) is 0.488. The highest BCUT2D eigenvalue weighted by molar-refractivity contribution is 5.92. The highest BCUT2D eigenvalue weighted by Crippen LogP contribution is 2.45. The topological polar surface area (TPSA) is 76.7 Å². The Morgan fingerprint density at radius 1 is 1.20 bits per heavy atom. The Morgan fingerprint density at radius 2 is 2.00 bits per heavy atom. The van der Waals surface area contributed by atoms with Crippen LogP contribution in [0.25, 0.3) is 10.9 Å². The maximum atomic E-state index is 12.0. The molecule has 7 nitrogen and oxygen atoms in total. The van der Waals surface area contributed by atoms with Gasteiger partial charge in [0.15, 0.2) is 11.5 Å². The molecular weight excluding hydrogens is 262 g/mol. The van der Waals surface area contributed by atoms with Crippen LogP contribution >= 0.6 is 0 Å². The summed E-state index contributed by atoms with van der Waals surface area (Å²) in [6, 6.07) is 1.82. The number of nitrogens with zero attached hydrogens (tertiary/aromatic N) is 2. The molecule has 2 aliphatic heterocycles. The molecule has 7 heteroatoms. The predicted molar refractivity (Wildman–Crippen MR) is 71.5 cm³/mol. The number of benzene rings is 1. The van der Waals surface area contributed by atoms with Gasteiger partial charge >= 0.3 is 0 Å². The molecule has 1 fully saturated rings. The first-order chi connectivity index (χ1) is 9.84. The van der Waals surface area contributed by atoms with Gasteiger partial charge in [0.1, 0.15) is 5.52 Å². The lowest BCUT2D eigenvalue weighted by Gasteiger charge is -2.29. The molecule has 20 heavy (non-hydrogen) atoms. The Kier molecular flexibility index (Phi) is 2.53. The van der Waals surface area contributed by atoms with Crippen molar-refractivity contribution in [3.8, 4) is 11.5 Å². The molecule has 0 spiro atoms. The average molecular weight is 275 g/mol. The van der Waals surface area contributed by atoms with E-state index >= 15 is 0 Å². The lowest BCUT2D eigenvalue weighted by Crippen LogP contribution is -2.36. The smallest absolute Gasteiger partial charge is 0.258 e. The van der Waals surface area contributed by atoms with Gasteiger partial charge in [0.05, 0.1) is 30.6 Å². The number of anilines is 1. The van der Waals surface area contributed by atoms with Gasteiger partial charge in [0.25, 0.3) is 5.56 Å². The van der Waals surface area contributed by atoms with Crippen molar-refractivity contribution in [1.82, 2.24) is 9.97 Å². The van der Waals surface area contributed by atoms with Crippen LogP contribution in [-0.2, 0) is 4.74 Å². The molecule has 1 N–H and O–H groups in total. The zero-order chi connectivity index (χ0) is 13.5. The van der Waals surface area contributed by atoms with E-state index in [-0.39, 0.29) is 12.4 Å². The van der Waals surface area contributed by atoms with Crippen molar-refractivity contribution in [2.24, 2.45) is 0 Å². The molecule has 2 aliphatic rings. The third kappa shape index (κ3) is 1.63. The summed E-state index contributed by atoms with van der Waals surface area (Å²) in [5.74, 6) is 1.22. The molecule has 1 aromatic carbocycles. The maximum absolute atomic E-state index is 12.0. The molecule has 0 aliphatic carbocycles. The molecule has 0 radical (unpaired) electrons. The third-order valence-electron chi connectivity index (χ3n) is 3.58. The Hall–Kier alpha value is -2.28. The van der Waals surface area contributed by atoms with Crippen LogP contribution in [0.2, 0.25) is 0 Å². The number of H-pyrrole nitrogens is 1. The van der Waals surface area contributed by atoms with E-state index < -0.39 is 0 Å². The fourth-order valence-electron chi connectivity index (χ4n) is 2.61. The number of ether oxygens (including phenoxy) is 3. The summed E-state index contributed by atoms with van der Waals surface area (Å²) in [5.41, 5.74) is 1.23. The van der Waals surface area contributed by atoms with Crippen LogP contribution in [0.4, 0.5) is 5.69 Å². The fourth-order valence-corrected chi connectivity index (χ4v) is 2.61. The fraction of sp³-hybridized carbons (Fsp3) is 0.385. The summed E-state index contributed by atoms with van der Waals surface area (Å²) in [4.78, 5) is 20.9. The number of hydrogen-bond donors (Lipinski definition) is 1. The van der Waals surface area contributed by atoms with E-state index in [0.717, 1.165) is 18.8 Å². The molecule has 0 saturated carbocycles. The lowest BCUT2D eigenvalue weighted by molar-refractivity contribution is 0.122. The van der Waals surface area contributed by atoms with Gasteiger partial charge in [-0.3, -0.25) is 4.79 Å². The van der Waals surface area contributed by atoms with Crippen LogP contribution in [0, 0.1) is 0 Å². The minimum absolute atomic E-state index is 0.153. The molecule has 3 heterocycles. The van der Waals surface area contributed by atoms with Crippen molar-refractivity contribution in [2.45, 2.75) is 0 Å². The van der Waals surface area contributed by atoms with E-state index in [1.54, 1.807) is 0 Å². The van der Waals surface area contributed by atoms with Gasteiger partial charge in [-0.15, -0.1) is 0 Å². The first-order valence-corrected chi connectivity index (χ1v) is 6.47. The zero-order valence-corrected chi connectivity index (χ0v) is 10.7. The second-order valence-electron chi connectivity index (χ2n) is 4.69. The van der Waals surface area contributed by atoms with Crippen LogP contribution < -0.4 is 19.9 Å². The third-order valence-corrected chi connectivity index (χ3v) is 3.58. The summed E-state index contributed by atoms with van der Waals surface area (Å²) in [7, 11) is 0. The van der Waals surface area contributed by atoms with Gasteiger partial charge in [0, 0.05) is 13.1 Å². The first-order valence-electron chi connectivity index (χ1n) is 6.47. The van der Waals surface area contributed by atoms with Crippen molar-refractivity contribution in [3.05, 3.63) is 22.7 Å². The molecule has 0 unspecified atom stereocenters. The second-order valence-corrected chi connectivity index (χ2v) is 4.69. The van der Waals surface area contributed by atoms with Crippen LogP contribution in [0.3, 0.4) is 0 Å². The quantitative estimate of drug-likeness (QED) is 0.816. The van der Waals surface area contributed by atoms with Gasteiger partial charge in [-0.25, -0.2) is 4.98 Å². The molecule has 1 aromatic heterocycles. The SMILES string of the molecule is O=c1[nH]cnc2c3c(c(N4CCOCC4)cc12)OCO3. The molecule has 104 valence electrons. The van der Waals surface area contributed by atoms with Crippen molar-refractivity contribution < 1.29 is 14.2 Å². The van der Waals surface area contributed by atoms with Crippen LogP contribution in [0.1, 0.15) is 0 Å². The van der Waals surface area contributed by atoms with E-state index in [1.165, 1.54) is 6.33 Å². The molecule has 1 saturated heterocycles. The van der Waals surface area contributed by atoms with Crippen LogP contribution in [-0.4, -0.2) is 43.1 Å². The normalized spacial score (nSPS) is 17.7. The van der Waals surface area contributed by atoms with E-state index in [9.17, 15) is 4.79 Å². The number of rotatable bonds is 1. The zero-order valence-electron chi connectivity index (χ0n) is 10.7. The molecule has 0 atom stereocenters. The number of morpholine rings is 1. The molecule has 2 aromatic rings. The minimum atomic E-state index is -0.178. The van der Waals surface area contributed by atoms with Crippen molar-refractivity contribution in [1.29, 1.82) is 0 Å². The Labute approximate surface area is 114 Å². The Bertz CT molecular complexity index is 721. The van der Waals surface area contributed by atoms with Gasteiger partial charge in [0.2, 0.25) is 6.79 Å². The number of hydrogen-bond acceptors (Lipinski definition) is 6. The van der Waals surface area contributed by atoms with Crippen LogP contribution in [0.15, 0.2) is 17.2 Å². The van der Waals surface area contributed by atoms with Gasteiger partial charge in [-0.2, -0.15) is 0 Å². The summed E-state index contributed by atoms with van der Waals surface area (Å²) in [5, 5.41) is 0.512. The number of aromatic nitrogens is 2. The number of aromatic amines is 1. The van der Waals surface area contributed by atoms with Gasteiger partial charge in [-0.1, -0.05) is 0 Å². The summed E-state index contributed by atoms with van der Waals surface area (Å²) in [6.45, 7) is 3.01. The molecular formula is C13H13N3O4. The van der Waals surface area contributed by atoms with E-state index in [4.69, 9.17) is 14.2 Å². The number of fused-ring (bicyclic) bond motifs is 3. The van der Waals surface area contributed by atoms with E-state index in [0.29, 0.717) is 35.6 Å². The summed E-state index contributed by atoms with van der Waals surface area (Å²) in [6.07, 6.45) is 1.38. The average Bonchev–Trinajstić information content (AvgIpc) is 2.97. The summed E-state index contributed by atoms with van der Waals surface area (Å²) < 4.78 is 16.4. The largest absolute Gasteiger partial charge is 0.451 e. The molecule has 4 rings (SSSR count). The van der Waals surface area contributed by atoms with Crippen molar-refractivity contribution >= 4 is 16.6 Å². The van der Waals surface area contributed by atoms with E-state index in [1.807, 2.05) is 6.07 Å². The summed E-state index contributed by atoms with van der Waals surface area (Å²) >= 11 is 0. The minimum Gasteiger partial charge on any atom is -0.451 e. The van der Waals surface area contributed by atoms with Gasteiger partial charge < -0.3 is 24.1 Å². The Balaban J connectivity index is 1.96. The van der Waals surface area contributed by atoms with Crippen LogP contribution in [0.5, 0.6) is 11.5 Å². The standard InChI is InChI=1S/C13H13N3O4/c17-13-8-5-9(16-1-3-18-4-2-16)11-12(20-7-19-11)10(8)14-6-15-13/h5-6H,1-4,7H2,(H,14,15,17).